The van der Waals surface area contributed by atoms with Crippen LogP contribution in [0.2, 0.25) is 5.02 Å². The first-order chi connectivity index (χ1) is 18.2. The summed E-state index contributed by atoms with van der Waals surface area (Å²) in [6.45, 7) is 7.78. The number of halogens is 1. The van der Waals surface area contributed by atoms with Crippen molar-refractivity contribution in [2.75, 3.05) is 13.7 Å². The molecular weight excluding hydrogens is 500 g/mol. The average Bonchev–Trinajstić information content (AvgIpc) is 2.92. The fraction of sp³-hybridized carbons (Fsp3) is 0.355. The number of rotatable bonds is 12. The molecule has 0 spiro atoms. The number of hydrogen-bond donors (Lipinski definition) is 1. The number of nitrogens with zero attached hydrogens (tertiary/aromatic N) is 1. The Balaban J connectivity index is 1.94. The lowest BCUT2D eigenvalue weighted by atomic mass is 10.0. The van der Waals surface area contributed by atoms with Gasteiger partial charge in [0.1, 0.15) is 17.5 Å². The maximum atomic E-state index is 13.8. The lowest BCUT2D eigenvalue weighted by Gasteiger charge is -2.32. The van der Waals surface area contributed by atoms with Crippen molar-refractivity contribution >= 4 is 23.4 Å². The second-order valence-electron chi connectivity index (χ2n) is 9.56. The van der Waals surface area contributed by atoms with Gasteiger partial charge in [-0.25, -0.2) is 0 Å². The first-order valence-corrected chi connectivity index (χ1v) is 13.3. The molecular formula is C31H37ClN2O4. The summed E-state index contributed by atoms with van der Waals surface area (Å²) in [5.41, 5.74) is 3.56. The minimum Gasteiger partial charge on any atom is -0.497 e. The molecule has 2 amide bonds. The summed E-state index contributed by atoms with van der Waals surface area (Å²) in [5, 5.41) is 3.75. The second-order valence-corrected chi connectivity index (χ2v) is 9.93. The molecule has 0 radical (unpaired) electrons. The third kappa shape index (κ3) is 7.99. The normalized spacial score (nSPS) is 12.4. The summed E-state index contributed by atoms with van der Waals surface area (Å²) < 4.78 is 11.3. The molecule has 0 fully saturated rings. The van der Waals surface area contributed by atoms with Gasteiger partial charge in [-0.2, -0.15) is 0 Å². The summed E-state index contributed by atoms with van der Waals surface area (Å²) in [7, 11) is 1.60. The van der Waals surface area contributed by atoms with Gasteiger partial charge in [-0.05, 0) is 73.7 Å². The summed E-state index contributed by atoms with van der Waals surface area (Å²) in [4.78, 5) is 29.0. The highest BCUT2D eigenvalue weighted by molar-refractivity contribution is 6.32. The Bertz CT molecular complexity index is 1210. The highest BCUT2D eigenvalue weighted by Gasteiger charge is 2.31. The number of aryl methyl sites for hydroxylation is 2. The summed E-state index contributed by atoms with van der Waals surface area (Å²) in [5.74, 6) is 0.751. The molecule has 0 unspecified atom stereocenters. The van der Waals surface area contributed by atoms with Gasteiger partial charge in [0.05, 0.1) is 7.11 Å². The van der Waals surface area contributed by atoms with Gasteiger partial charge in [0.2, 0.25) is 5.91 Å². The van der Waals surface area contributed by atoms with Crippen LogP contribution in [0.1, 0.15) is 42.5 Å². The van der Waals surface area contributed by atoms with Gasteiger partial charge in [-0.3, -0.25) is 9.59 Å². The monoisotopic (exact) mass is 536 g/mol. The van der Waals surface area contributed by atoms with Gasteiger partial charge in [0.15, 0.2) is 6.61 Å². The van der Waals surface area contributed by atoms with Gasteiger partial charge in [0, 0.05) is 24.0 Å². The number of methoxy groups -OCH3 is 1. The number of ether oxygens (including phenoxy) is 2. The molecule has 0 aromatic heterocycles. The summed E-state index contributed by atoms with van der Waals surface area (Å²) >= 11 is 6.30. The number of nitrogens with one attached hydrogen (secondary N) is 1. The van der Waals surface area contributed by atoms with E-state index in [1.54, 1.807) is 12.0 Å². The third-order valence-corrected chi connectivity index (χ3v) is 7.13. The van der Waals surface area contributed by atoms with E-state index < -0.39 is 6.04 Å². The molecule has 0 heterocycles. The smallest absolute Gasteiger partial charge is 0.261 e. The number of carbonyl (C=O) groups is 2. The van der Waals surface area contributed by atoms with Crippen LogP contribution in [0.4, 0.5) is 0 Å². The van der Waals surface area contributed by atoms with Crippen molar-refractivity contribution in [1.82, 2.24) is 10.2 Å². The Labute approximate surface area is 230 Å². The number of amides is 2. The van der Waals surface area contributed by atoms with E-state index in [9.17, 15) is 9.59 Å². The van der Waals surface area contributed by atoms with Crippen LogP contribution in [-0.4, -0.2) is 42.5 Å². The lowest BCUT2D eigenvalue weighted by molar-refractivity contribution is -0.143. The molecule has 0 aliphatic carbocycles. The standard InChI is InChI=1S/C31H37ClN2O4/c1-6-23(4)33-31(36)28(18-24-11-8-7-9-12-24)34(19-25-13-10-14-26(17-25)37-5)29(35)20-38-27-15-21(2)30(32)22(3)16-27/h7-17,23,28H,6,18-20H2,1-5H3,(H,33,36)/t23-,28+/m1/s1. The zero-order chi connectivity index (χ0) is 27.7. The van der Waals surface area contributed by atoms with E-state index in [1.165, 1.54) is 0 Å². The Hall–Kier alpha value is -3.51. The SMILES string of the molecule is CC[C@@H](C)NC(=O)[C@H](Cc1ccccc1)N(Cc1cccc(OC)c1)C(=O)COc1cc(C)c(Cl)c(C)c1. The van der Waals surface area contributed by atoms with Crippen LogP contribution >= 0.6 is 11.6 Å². The van der Waals surface area contributed by atoms with Gasteiger partial charge < -0.3 is 19.7 Å². The number of benzene rings is 3. The molecule has 0 aliphatic heterocycles. The van der Waals surface area contributed by atoms with Crippen molar-refractivity contribution in [2.24, 2.45) is 0 Å². The fourth-order valence-corrected chi connectivity index (χ4v) is 4.29. The topological polar surface area (TPSA) is 67.9 Å². The molecule has 6 nitrogen and oxygen atoms in total. The largest absolute Gasteiger partial charge is 0.497 e. The molecule has 38 heavy (non-hydrogen) atoms. The molecule has 3 rings (SSSR count). The van der Waals surface area contributed by atoms with Crippen molar-refractivity contribution in [3.05, 3.63) is 94.0 Å². The van der Waals surface area contributed by atoms with Crippen LogP contribution in [0, 0.1) is 13.8 Å². The fourth-order valence-electron chi connectivity index (χ4n) is 4.18. The molecule has 2 atom stereocenters. The zero-order valence-corrected chi connectivity index (χ0v) is 23.5. The van der Waals surface area contributed by atoms with Crippen LogP contribution in [0.15, 0.2) is 66.7 Å². The van der Waals surface area contributed by atoms with E-state index >= 15 is 0 Å². The summed E-state index contributed by atoms with van der Waals surface area (Å²) in [6.07, 6.45) is 1.16. The molecule has 0 aliphatic rings. The number of hydrogen-bond acceptors (Lipinski definition) is 4. The Morgan fingerprint density at radius 2 is 1.61 bits per heavy atom. The average molecular weight is 537 g/mol. The van der Waals surface area contributed by atoms with E-state index in [0.29, 0.717) is 22.9 Å². The first-order valence-electron chi connectivity index (χ1n) is 12.9. The van der Waals surface area contributed by atoms with Crippen molar-refractivity contribution in [3.8, 4) is 11.5 Å². The Kier molecular flexibility index (Phi) is 10.6. The molecule has 0 bridgehead atoms. The predicted octanol–water partition coefficient (Wildman–Crippen LogP) is 5.90. The molecule has 0 saturated carbocycles. The molecule has 3 aromatic rings. The minimum atomic E-state index is -0.734. The molecule has 7 heteroatoms. The summed E-state index contributed by atoms with van der Waals surface area (Å²) in [6, 6.07) is 20.1. The Morgan fingerprint density at radius 1 is 0.947 bits per heavy atom. The van der Waals surface area contributed by atoms with E-state index in [0.717, 1.165) is 28.7 Å². The highest BCUT2D eigenvalue weighted by atomic mass is 35.5. The van der Waals surface area contributed by atoms with Crippen molar-refractivity contribution in [1.29, 1.82) is 0 Å². The minimum absolute atomic E-state index is 0.0224. The molecule has 202 valence electrons. The van der Waals surface area contributed by atoms with Crippen LogP contribution in [0.5, 0.6) is 11.5 Å². The van der Waals surface area contributed by atoms with E-state index in [1.807, 2.05) is 94.4 Å². The molecule has 0 saturated heterocycles. The van der Waals surface area contributed by atoms with Gasteiger partial charge in [-0.1, -0.05) is 61.0 Å². The van der Waals surface area contributed by atoms with Crippen LogP contribution in [-0.2, 0) is 22.6 Å². The van der Waals surface area contributed by atoms with Crippen LogP contribution < -0.4 is 14.8 Å². The highest BCUT2D eigenvalue weighted by Crippen LogP contribution is 2.26. The van der Waals surface area contributed by atoms with Crippen molar-refractivity contribution in [2.45, 2.75) is 59.2 Å². The van der Waals surface area contributed by atoms with Gasteiger partial charge >= 0.3 is 0 Å². The third-order valence-electron chi connectivity index (χ3n) is 6.53. The zero-order valence-electron chi connectivity index (χ0n) is 22.8. The van der Waals surface area contributed by atoms with E-state index in [4.69, 9.17) is 21.1 Å². The van der Waals surface area contributed by atoms with Crippen molar-refractivity contribution in [3.63, 3.8) is 0 Å². The van der Waals surface area contributed by atoms with Crippen LogP contribution in [0.3, 0.4) is 0 Å². The maximum Gasteiger partial charge on any atom is 0.261 e. The Morgan fingerprint density at radius 3 is 2.24 bits per heavy atom. The molecule has 1 N–H and O–H groups in total. The predicted molar refractivity (Wildman–Crippen MR) is 152 cm³/mol. The van der Waals surface area contributed by atoms with Crippen LogP contribution in [0.25, 0.3) is 0 Å². The maximum absolute atomic E-state index is 13.8. The van der Waals surface area contributed by atoms with Crippen molar-refractivity contribution < 1.29 is 19.1 Å². The lowest BCUT2D eigenvalue weighted by Crippen LogP contribution is -2.53. The van der Waals surface area contributed by atoms with Gasteiger partial charge in [-0.15, -0.1) is 0 Å². The molecule has 3 aromatic carbocycles. The first kappa shape index (κ1) is 29.1. The van der Waals surface area contributed by atoms with E-state index in [2.05, 4.69) is 5.32 Å². The number of carbonyl (C=O) groups excluding carboxylic acids is 2. The quantitative estimate of drug-likeness (QED) is 0.313. The van der Waals surface area contributed by atoms with Gasteiger partial charge in [0.25, 0.3) is 5.91 Å². The van der Waals surface area contributed by atoms with E-state index in [-0.39, 0.29) is 31.0 Å². The second kappa shape index (κ2) is 13.9.